The molecule has 5 heteroatoms. The summed E-state index contributed by atoms with van der Waals surface area (Å²) in [5.74, 6) is 0.658. The average molecular weight is 347 g/mol. The Bertz CT molecular complexity index is 1010. The highest BCUT2D eigenvalue weighted by molar-refractivity contribution is 5.83. The van der Waals surface area contributed by atoms with Gasteiger partial charge in [0.1, 0.15) is 11.9 Å². The van der Waals surface area contributed by atoms with Crippen LogP contribution in [0.15, 0.2) is 59.4 Å². The summed E-state index contributed by atoms with van der Waals surface area (Å²) in [6.45, 7) is 2.84. The maximum atomic E-state index is 12.8. The molecule has 5 nitrogen and oxygen atoms in total. The first kappa shape index (κ1) is 16.5. The van der Waals surface area contributed by atoms with Gasteiger partial charge < -0.3 is 4.90 Å². The topological polar surface area (TPSA) is 55.2 Å². The van der Waals surface area contributed by atoms with E-state index in [0.717, 1.165) is 12.8 Å². The number of nitrogens with zero attached hydrogens (tertiary/aromatic N) is 3. The van der Waals surface area contributed by atoms with Gasteiger partial charge in [0.05, 0.1) is 17.4 Å². The third kappa shape index (κ3) is 2.90. The summed E-state index contributed by atoms with van der Waals surface area (Å²) in [6, 6.07) is 17.1. The Morgan fingerprint density at radius 1 is 1.04 bits per heavy atom. The molecule has 1 aromatic heterocycles. The van der Waals surface area contributed by atoms with E-state index in [4.69, 9.17) is 0 Å². The van der Waals surface area contributed by atoms with E-state index in [2.05, 4.69) is 17.1 Å². The zero-order valence-electron chi connectivity index (χ0n) is 14.8. The zero-order chi connectivity index (χ0) is 18.1. The molecule has 0 radical (unpaired) electrons. The van der Waals surface area contributed by atoms with E-state index in [1.807, 2.05) is 41.3 Å². The van der Waals surface area contributed by atoms with Gasteiger partial charge in [0.15, 0.2) is 0 Å². The summed E-state index contributed by atoms with van der Waals surface area (Å²) in [6.07, 6.45) is 1.82. The van der Waals surface area contributed by atoms with Crippen molar-refractivity contribution in [1.29, 1.82) is 0 Å². The first-order valence-electron chi connectivity index (χ1n) is 8.98. The van der Waals surface area contributed by atoms with Crippen LogP contribution in [0.2, 0.25) is 0 Å². The first-order valence-corrected chi connectivity index (χ1v) is 8.98. The maximum Gasteiger partial charge on any atom is 0.262 e. The van der Waals surface area contributed by atoms with Crippen molar-refractivity contribution in [2.75, 3.05) is 6.54 Å². The number of amides is 1. The van der Waals surface area contributed by atoms with Gasteiger partial charge in [-0.2, -0.15) is 0 Å². The van der Waals surface area contributed by atoms with Gasteiger partial charge >= 0.3 is 0 Å². The minimum atomic E-state index is -0.514. The predicted octanol–water partition coefficient (Wildman–Crippen LogP) is 2.93. The van der Waals surface area contributed by atoms with E-state index in [1.165, 1.54) is 5.56 Å². The predicted molar refractivity (Wildman–Crippen MR) is 101 cm³/mol. The molecule has 0 saturated heterocycles. The van der Waals surface area contributed by atoms with Crippen molar-refractivity contribution < 1.29 is 4.79 Å². The second-order valence-electron chi connectivity index (χ2n) is 6.75. The monoisotopic (exact) mass is 347 g/mol. The molecule has 2 aromatic carbocycles. The molecule has 1 aliphatic heterocycles. The molecule has 0 unspecified atom stereocenters. The Labute approximate surface area is 151 Å². The number of carbonyl (C=O) groups excluding carboxylic acids is 1. The lowest BCUT2D eigenvalue weighted by Crippen LogP contribution is -2.46. The van der Waals surface area contributed by atoms with Gasteiger partial charge in [-0.05, 0) is 37.5 Å². The summed E-state index contributed by atoms with van der Waals surface area (Å²) in [5.41, 5.74) is 1.83. The molecule has 0 fully saturated rings. The Morgan fingerprint density at radius 3 is 2.58 bits per heavy atom. The normalized spacial score (nSPS) is 16.7. The highest BCUT2D eigenvalue weighted by Gasteiger charge is 2.31. The van der Waals surface area contributed by atoms with Crippen molar-refractivity contribution >= 4 is 16.8 Å². The summed E-state index contributed by atoms with van der Waals surface area (Å²) < 4.78 is 1.55. The molecule has 132 valence electrons. The van der Waals surface area contributed by atoms with Gasteiger partial charge in [0.2, 0.25) is 5.91 Å². The lowest BCUT2D eigenvalue weighted by molar-refractivity contribution is -0.137. The number of fused-ring (bicyclic) bond motifs is 2. The summed E-state index contributed by atoms with van der Waals surface area (Å²) in [4.78, 5) is 32.0. The Morgan fingerprint density at radius 2 is 1.77 bits per heavy atom. The molecule has 2 heterocycles. The van der Waals surface area contributed by atoms with Crippen LogP contribution >= 0.6 is 0 Å². The molecule has 4 rings (SSSR count). The fourth-order valence-electron chi connectivity index (χ4n) is 3.63. The third-order valence-electron chi connectivity index (χ3n) is 5.01. The number of aryl methyl sites for hydroxylation is 1. The second-order valence-corrected chi connectivity index (χ2v) is 6.75. The summed E-state index contributed by atoms with van der Waals surface area (Å²) in [7, 11) is 0. The number of carbonyl (C=O) groups is 1. The number of para-hydroxylation sites is 1. The standard InChI is InChI=1S/C21H21N3O2/c1-15-20(25)23(13-7-10-16-8-3-2-4-9-16)14-19-22-18-12-6-5-11-17(18)21(26)24(15)19/h2-6,8-9,11-12,15H,7,10,13-14H2,1H3/t15-/m0/s1. The van der Waals surface area contributed by atoms with Crippen LogP contribution in [0.4, 0.5) is 0 Å². The lowest BCUT2D eigenvalue weighted by Gasteiger charge is -2.33. The molecular formula is C21H21N3O2. The van der Waals surface area contributed by atoms with Gasteiger partial charge in [0.25, 0.3) is 5.56 Å². The van der Waals surface area contributed by atoms with Gasteiger partial charge in [-0.15, -0.1) is 0 Å². The van der Waals surface area contributed by atoms with E-state index in [0.29, 0.717) is 29.8 Å². The quantitative estimate of drug-likeness (QED) is 0.729. The zero-order valence-corrected chi connectivity index (χ0v) is 14.8. The van der Waals surface area contributed by atoms with Crippen molar-refractivity contribution in [2.24, 2.45) is 0 Å². The van der Waals surface area contributed by atoms with Crippen molar-refractivity contribution in [1.82, 2.24) is 14.5 Å². The summed E-state index contributed by atoms with van der Waals surface area (Å²) >= 11 is 0. The van der Waals surface area contributed by atoms with Crippen LogP contribution in [-0.4, -0.2) is 26.9 Å². The SMILES string of the molecule is C[C@H]1C(=O)N(CCCc2ccccc2)Cc2nc3ccccc3c(=O)n21. The Hall–Kier alpha value is -2.95. The van der Waals surface area contributed by atoms with E-state index < -0.39 is 6.04 Å². The van der Waals surface area contributed by atoms with Crippen LogP contribution in [0, 0.1) is 0 Å². The van der Waals surface area contributed by atoms with Crippen molar-refractivity contribution in [3.05, 3.63) is 76.3 Å². The second kappa shape index (κ2) is 6.75. The van der Waals surface area contributed by atoms with Crippen molar-refractivity contribution in [2.45, 2.75) is 32.4 Å². The smallest absolute Gasteiger partial charge is 0.262 e. The number of hydrogen-bond acceptors (Lipinski definition) is 3. The molecule has 0 bridgehead atoms. The number of rotatable bonds is 4. The molecule has 26 heavy (non-hydrogen) atoms. The highest BCUT2D eigenvalue weighted by atomic mass is 16.2. The number of benzene rings is 2. The van der Waals surface area contributed by atoms with Crippen LogP contribution in [0.1, 0.15) is 30.8 Å². The molecule has 1 atom stereocenters. The molecular weight excluding hydrogens is 326 g/mol. The van der Waals surface area contributed by atoms with Crippen LogP contribution < -0.4 is 5.56 Å². The van der Waals surface area contributed by atoms with Gasteiger partial charge in [-0.1, -0.05) is 42.5 Å². The van der Waals surface area contributed by atoms with E-state index in [9.17, 15) is 9.59 Å². The fourth-order valence-corrected chi connectivity index (χ4v) is 3.63. The van der Waals surface area contributed by atoms with Gasteiger partial charge in [-0.3, -0.25) is 14.2 Å². The summed E-state index contributed by atoms with van der Waals surface area (Å²) in [5, 5.41) is 0.563. The third-order valence-corrected chi connectivity index (χ3v) is 5.01. The average Bonchev–Trinajstić information content (AvgIpc) is 2.66. The lowest BCUT2D eigenvalue weighted by atomic mass is 10.1. The maximum absolute atomic E-state index is 12.8. The molecule has 0 N–H and O–H groups in total. The fraction of sp³-hybridized carbons (Fsp3) is 0.286. The molecule has 0 aliphatic carbocycles. The van der Waals surface area contributed by atoms with Crippen molar-refractivity contribution in [3.63, 3.8) is 0 Å². The largest absolute Gasteiger partial charge is 0.333 e. The van der Waals surface area contributed by atoms with Crippen LogP contribution in [0.5, 0.6) is 0 Å². The van der Waals surface area contributed by atoms with Crippen LogP contribution in [0.25, 0.3) is 10.9 Å². The van der Waals surface area contributed by atoms with Gasteiger partial charge in [-0.25, -0.2) is 4.98 Å². The molecule has 1 amide bonds. The molecule has 0 saturated carbocycles. The van der Waals surface area contributed by atoms with Crippen LogP contribution in [0.3, 0.4) is 0 Å². The molecule has 0 spiro atoms. The Balaban J connectivity index is 1.58. The van der Waals surface area contributed by atoms with Crippen molar-refractivity contribution in [3.8, 4) is 0 Å². The van der Waals surface area contributed by atoms with Crippen LogP contribution in [-0.2, 0) is 17.8 Å². The van der Waals surface area contributed by atoms with Gasteiger partial charge in [0, 0.05) is 6.54 Å². The van der Waals surface area contributed by atoms with E-state index in [-0.39, 0.29) is 11.5 Å². The molecule has 1 aliphatic rings. The minimum Gasteiger partial charge on any atom is -0.333 e. The number of hydrogen-bond donors (Lipinski definition) is 0. The van der Waals surface area contributed by atoms with E-state index >= 15 is 0 Å². The minimum absolute atomic E-state index is 0.00950. The number of aromatic nitrogens is 2. The molecule has 3 aromatic rings. The Kier molecular flexibility index (Phi) is 4.29. The first-order chi connectivity index (χ1) is 12.6. The highest BCUT2D eigenvalue weighted by Crippen LogP contribution is 2.21. The van der Waals surface area contributed by atoms with E-state index in [1.54, 1.807) is 17.6 Å².